The van der Waals surface area contributed by atoms with Crippen molar-refractivity contribution in [1.82, 2.24) is 0 Å². The minimum atomic E-state index is -2.38. The van der Waals surface area contributed by atoms with Crippen LogP contribution in [0, 0.1) is 47.3 Å². The molecule has 9 nitrogen and oxygen atoms in total. The van der Waals surface area contributed by atoms with Crippen LogP contribution in [0.4, 0.5) is 0 Å². The molecule has 0 aliphatic rings. The summed E-state index contributed by atoms with van der Waals surface area (Å²) in [4.78, 5) is 0. The van der Waals surface area contributed by atoms with Gasteiger partial charge in [-0.1, -0.05) is 158 Å². The zero-order chi connectivity index (χ0) is 43.9. The third-order valence-corrected chi connectivity index (χ3v) is 13.3. The zero-order valence-electron chi connectivity index (χ0n) is 35.4. The van der Waals surface area contributed by atoms with E-state index in [9.17, 15) is 0 Å². The van der Waals surface area contributed by atoms with Crippen LogP contribution in [-0.2, 0) is 156 Å². The summed E-state index contributed by atoms with van der Waals surface area (Å²) in [5.74, 6) is 3.61. The molecule has 0 saturated carbocycles. The molecular formula is C32H72MoO9P4S8. The Bertz CT molecular complexity index is 853. The first-order chi connectivity index (χ1) is 24.3. The fourth-order valence-electron chi connectivity index (χ4n) is 2.07. The second-order valence-electron chi connectivity index (χ2n) is 15.3. The normalized spacial score (nSPS) is 12.5. The topological polar surface area (TPSA) is 90.9 Å². The van der Waals surface area contributed by atoms with Crippen LogP contribution in [0.3, 0.4) is 0 Å². The van der Waals surface area contributed by atoms with Gasteiger partial charge in [-0.2, -0.15) is 0 Å². The predicted molar refractivity (Wildman–Crippen MR) is 254 cm³/mol. The van der Waals surface area contributed by atoms with E-state index in [2.05, 4.69) is 111 Å². The van der Waals surface area contributed by atoms with Crippen LogP contribution < -0.4 is 0 Å². The van der Waals surface area contributed by atoms with E-state index >= 15 is 0 Å². The predicted octanol–water partition coefficient (Wildman–Crippen LogP) is 12.3. The summed E-state index contributed by atoms with van der Waals surface area (Å²) in [6, 6.07) is 0. The molecule has 54 heavy (non-hydrogen) atoms. The summed E-state index contributed by atoms with van der Waals surface area (Å²) in [5, 5.41) is 0. The van der Waals surface area contributed by atoms with Crippen molar-refractivity contribution >= 4 is 119 Å². The molecule has 22 heteroatoms. The van der Waals surface area contributed by atoms with Gasteiger partial charge in [0.1, 0.15) is 0 Å². The van der Waals surface area contributed by atoms with E-state index in [0.29, 0.717) is 120 Å². The molecule has 0 fully saturated rings. The van der Waals surface area contributed by atoms with E-state index in [1.807, 2.05) is 0 Å². The van der Waals surface area contributed by atoms with Crippen LogP contribution in [-0.4, -0.2) is 52.9 Å². The molecule has 0 radical (unpaired) electrons. The van der Waals surface area contributed by atoms with Crippen molar-refractivity contribution in [3.8, 4) is 0 Å². The van der Waals surface area contributed by atoms with Crippen molar-refractivity contribution in [3.63, 3.8) is 0 Å². The first-order valence-corrected chi connectivity index (χ1v) is 33.3. The van der Waals surface area contributed by atoms with E-state index in [1.54, 1.807) is 0 Å². The van der Waals surface area contributed by atoms with Crippen molar-refractivity contribution in [2.24, 2.45) is 47.3 Å². The molecule has 328 valence electrons. The van der Waals surface area contributed by atoms with Gasteiger partial charge < -0.3 is 85.2 Å². The van der Waals surface area contributed by atoms with Crippen molar-refractivity contribution < 1.29 is 59.4 Å². The van der Waals surface area contributed by atoms with Gasteiger partial charge in [-0.25, -0.2) is 0 Å². The molecule has 0 heterocycles. The van der Waals surface area contributed by atoms with Crippen molar-refractivity contribution in [2.45, 2.75) is 111 Å². The van der Waals surface area contributed by atoms with Gasteiger partial charge in [0.05, 0.1) is 75.6 Å². The molecule has 0 N–H and O–H groups in total. The standard InChI is InChI=1S/4C8H19O2PS2.Mo.O/c4*1-7(2)5-9-11(12,13)10-6-8(3)4;;/h4*7-8H,5-6H2,1-4H3,(H,12,13);;/q;;;;+4;/p-4. The molecule has 0 saturated heterocycles. The van der Waals surface area contributed by atoms with E-state index in [0.717, 1.165) is 0 Å². The van der Waals surface area contributed by atoms with Gasteiger partial charge in [-0.05, 0) is 47.3 Å². The molecule has 0 aliphatic carbocycles. The maximum atomic E-state index is 8.26. The monoisotopic (exact) mass is 1080 g/mol. The van der Waals surface area contributed by atoms with Crippen LogP contribution in [0.2, 0.25) is 0 Å². The molecule has 0 aromatic heterocycles. The SMILES string of the molecule is CC(C)COP(=S)([S-])OCC(C)C.CC(C)COP(=S)([S-])OCC(C)C.CC(C)COP(=S)([S-])OCC(C)C.CC(C)COP(=S)([S-])OCC(C)C.[O]=[Mo+4]. The average molecular weight is 1080 g/mol. The maximum absolute atomic E-state index is 8.26. The van der Waals surface area contributed by atoms with Crippen LogP contribution in [0.1, 0.15) is 111 Å². The quantitative estimate of drug-likeness (QED) is 0.0521. The van der Waals surface area contributed by atoms with Gasteiger partial charge in [0.2, 0.25) is 0 Å². The van der Waals surface area contributed by atoms with Crippen LogP contribution in [0.25, 0.3) is 0 Å². The molecule has 0 aromatic carbocycles. The molecule has 0 aliphatic heterocycles. The van der Waals surface area contributed by atoms with E-state index < -0.39 is 22.8 Å². The summed E-state index contributed by atoms with van der Waals surface area (Å²) in [6.45, 7) is 37.8. The first kappa shape index (κ1) is 67.2. The molecule has 0 amide bonds. The summed E-state index contributed by atoms with van der Waals surface area (Å²) in [6.07, 6.45) is 0. The Balaban J connectivity index is -0.000000194. The molecule has 0 spiro atoms. The Labute approximate surface area is 385 Å². The second-order valence-corrected chi connectivity index (χ2v) is 35.3. The number of hydrogen-bond donors (Lipinski definition) is 0. The fourth-order valence-corrected chi connectivity index (χ4v) is 9.14. The molecule has 0 bridgehead atoms. The Hall–Kier alpha value is 4.17. The van der Waals surface area contributed by atoms with Gasteiger partial charge >= 0.3 is 23.2 Å². The molecule has 0 rings (SSSR count). The summed E-state index contributed by atoms with van der Waals surface area (Å²) >= 11 is 41.2. The van der Waals surface area contributed by atoms with Crippen molar-refractivity contribution in [2.75, 3.05) is 52.9 Å². The van der Waals surface area contributed by atoms with Crippen LogP contribution in [0.15, 0.2) is 0 Å². The van der Waals surface area contributed by atoms with E-state index in [4.69, 9.17) is 136 Å². The molecular weight excluding hydrogens is 1000 g/mol. The van der Waals surface area contributed by atoms with Crippen molar-refractivity contribution in [1.29, 1.82) is 0 Å². The molecule has 0 aromatic rings. The third kappa shape index (κ3) is 62.8. The summed E-state index contributed by atoms with van der Waals surface area (Å²) < 4.78 is 51.1. The van der Waals surface area contributed by atoms with Gasteiger partial charge in [-0.15, -0.1) is 0 Å². The number of rotatable bonds is 24. The minimum absolute atomic E-state index is 0.452. The third-order valence-electron chi connectivity index (χ3n) is 4.53. The Morgan fingerprint density at radius 3 is 0.444 bits per heavy atom. The Kier molecular flexibility index (Phi) is 48.3. The van der Waals surface area contributed by atoms with Crippen LogP contribution >= 0.6 is 22.8 Å². The summed E-state index contributed by atoms with van der Waals surface area (Å²) in [7, 11) is 0. The van der Waals surface area contributed by atoms with Crippen molar-refractivity contribution in [3.05, 3.63) is 0 Å². The van der Waals surface area contributed by atoms with Gasteiger partial charge in [0.25, 0.3) is 0 Å². The fraction of sp³-hybridized carbons (Fsp3) is 1.00. The second kappa shape index (κ2) is 38.8. The Morgan fingerprint density at radius 2 is 0.389 bits per heavy atom. The summed E-state index contributed by atoms with van der Waals surface area (Å²) in [5.41, 5.74) is -9.53. The van der Waals surface area contributed by atoms with Gasteiger partial charge in [0, 0.05) is 0 Å². The molecule has 0 atom stereocenters. The number of hydrogen-bond acceptors (Lipinski definition) is 17. The Morgan fingerprint density at radius 1 is 0.315 bits per heavy atom. The van der Waals surface area contributed by atoms with E-state index in [1.165, 1.54) is 0 Å². The average Bonchev–Trinajstić information content (AvgIpc) is 3.03. The van der Waals surface area contributed by atoms with Crippen LogP contribution in [0.5, 0.6) is 0 Å². The van der Waals surface area contributed by atoms with Gasteiger partial charge in [-0.3, -0.25) is 0 Å². The molecule has 0 unspecified atom stereocenters. The first-order valence-electron chi connectivity index (χ1n) is 17.9. The van der Waals surface area contributed by atoms with Gasteiger partial charge in [0.15, 0.2) is 0 Å². The van der Waals surface area contributed by atoms with E-state index in [-0.39, 0.29) is 0 Å². The zero-order valence-corrected chi connectivity index (χ0v) is 47.5.